The Morgan fingerprint density at radius 1 is 1.12 bits per heavy atom. The Balaban J connectivity index is 3.07. The van der Waals surface area contributed by atoms with Crippen LogP contribution in [0.1, 0.15) is 13.8 Å². The zero-order valence-corrected chi connectivity index (χ0v) is 5.29. The molecule has 0 aliphatic heterocycles. The van der Waals surface area contributed by atoms with Crippen LogP contribution in [-0.4, -0.2) is 0 Å². The van der Waals surface area contributed by atoms with Crippen molar-refractivity contribution in [3.8, 4) is 0 Å². The molecule has 0 fully saturated rings. The normalized spacial score (nSPS) is 11.2. The molecule has 0 atom stereocenters. The van der Waals surface area contributed by atoms with E-state index in [2.05, 4.69) is 0 Å². The molecule has 8 heavy (non-hydrogen) atoms. The van der Waals surface area contributed by atoms with E-state index in [1.165, 1.54) is 0 Å². The molecule has 0 aliphatic carbocycles. The van der Waals surface area contributed by atoms with Crippen LogP contribution in [0.4, 0.5) is 0 Å². The summed E-state index contributed by atoms with van der Waals surface area (Å²) < 4.78 is 4.78. The molecule has 0 aromatic rings. The fraction of sp³-hybridized carbons (Fsp3) is 0.286. The third-order valence-corrected chi connectivity index (χ3v) is 0.597. The van der Waals surface area contributed by atoms with E-state index >= 15 is 0 Å². The maximum Gasteiger partial charge on any atom is 0.131 e. The van der Waals surface area contributed by atoms with Crippen LogP contribution < -0.4 is 0 Å². The predicted molar refractivity (Wildman–Crippen MR) is 35.0 cm³/mol. The van der Waals surface area contributed by atoms with Gasteiger partial charge in [-0.05, 0) is 19.9 Å². The van der Waals surface area contributed by atoms with Crippen LogP contribution in [0.15, 0.2) is 24.5 Å². The van der Waals surface area contributed by atoms with Gasteiger partial charge in [-0.15, -0.1) is 0 Å². The fourth-order valence-electron chi connectivity index (χ4n) is 0.280. The lowest BCUT2D eigenvalue weighted by molar-refractivity contribution is 0.342. The average molecular weight is 111 g/mol. The zero-order valence-electron chi connectivity index (χ0n) is 5.29. The van der Waals surface area contributed by atoms with Crippen molar-refractivity contribution in [1.82, 2.24) is 0 Å². The molecule has 0 bridgehead atoms. The molecule has 1 nitrogen and oxygen atoms in total. The molecule has 0 N–H and O–H groups in total. The van der Waals surface area contributed by atoms with Crippen LogP contribution in [0.3, 0.4) is 0 Å². The molecule has 0 amide bonds. The minimum absolute atomic E-state index is 1.62. The summed E-state index contributed by atoms with van der Waals surface area (Å²) in [5.41, 5.74) is 0. The molecule has 0 aromatic heterocycles. The molecule has 0 spiro atoms. The highest BCUT2D eigenvalue weighted by atomic mass is 16.5. The standard InChI is InChI=1S/C7H11O/c1-3-5-6-7-8-4-2/h3-7H,1-2H3/b5-3+,7-6+. The fourth-order valence-corrected chi connectivity index (χ4v) is 0.280. The summed E-state index contributed by atoms with van der Waals surface area (Å²) >= 11 is 0. The van der Waals surface area contributed by atoms with Gasteiger partial charge in [0.15, 0.2) is 0 Å². The van der Waals surface area contributed by atoms with Crippen molar-refractivity contribution in [2.75, 3.05) is 0 Å². The smallest absolute Gasteiger partial charge is 0.131 e. The van der Waals surface area contributed by atoms with Gasteiger partial charge in [-0.2, -0.15) is 0 Å². The quantitative estimate of drug-likeness (QED) is 0.401. The lowest BCUT2D eigenvalue weighted by Gasteiger charge is -1.86. The van der Waals surface area contributed by atoms with Crippen molar-refractivity contribution in [2.45, 2.75) is 13.8 Å². The van der Waals surface area contributed by atoms with E-state index in [4.69, 9.17) is 4.74 Å². The summed E-state index contributed by atoms with van der Waals surface area (Å²) in [6.07, 6.45) is 7.30. The van der Waals surface area contributed by atoms with Crippen LogP contribution in [-0.2, 0) is 4.74 Å². The van der Waals surface area contributed by atoms with Crippen LogP contribution in [0.5, 0.6) is 0 Å². The van der Waals surface area contributed by atoms with E-state index in [9.17, 15) is 0 Å². The van der Waals surface area contributed by atoms with Crippen molar-refractivity contribution in [3.05, 3.63) is 31.1 Å². The summed E-state index contributed by atoms with van der Waals surface area (Å²) in [6, 6.07) is 0. The topological polar surface area (TPSA) is 9.23 Å². The molecule has 0 heterocycles. The maximum absolute atomic E-state index is 4.78. The van der Waals surface area contributed by atoms with Gasteiger partial charge in [0.05, 0.1) is 6.26 Å². The van der Waals surface area contributed by atoms with Gasteiger partial charge in [0.2, 0.25) is 0 Å². The SMILES string of the molecule is C[CH]O/C=C/C=C/C. The van der Waals surface area contributed by atoms with Crippen LogP contribution in [0.2, 0.25) is 0 Å². The molecule has 0 saturated carbocycles. The van der Waals surface area contributed by atoms with E-state index < -0.39 is 0 Å². The first-order chi connectivity index (χ1) is 3.91. The Bertz CT molecular complexity index is 82.4. The maximum atomic E-state index is 4.78. The summed E-state index contributed by atoms with van der Waals surface area (Å²) in [6.45, 7) is 5.42. The number of hydrogen-bond donors (Lipinski definition) is 0. The Hall–Kier alpha value is -0.720. The van der Waals surface area contributed by atoms with Crippen LogP contribution in [0.25, 0.3) is 0 Å². The first-order valence-corrected chi connectivity index (χ1v) is 2.63. The summed E-state index contributed by atoms with van der Waals surface area (Å²) in [5, 5.41) is 0. The minimum Gasteiger partial charge on any atom is -0.494 e. The van der Waals surface area contributed by atoms with Gasteiger partial charge in [0.25, 0.3) is 0 Å². The highest BCUT2D eigenvalue weighted by Gasteiger charge is 1.64. The van der Waals surface area contributed by atoms with E-state index in [1.54, 1.807) is 12.9 Å². The van der Waals surface area contributed by atoms with Crippen LogP contribution in [0, 0.1) is 6.61 Å². The van der Waals surface area contributed by atoms with Gasteiger partial charge in [0, 0.05) is 0 Å². The van der Waals surface area contributed by atoms with Crippen LogP contribution >= 0.6 is 0 Å². The second-order valence-electron chi connectivity index (χ2n) is 1.23. The van der Waals surface area contributed by atoms with Crippen molar-refractivity contribution >= 4 is 0 Å². The van der Waals surface area contributed by atoms with E-state index in [-0.39, 0.29) is 0 Å². The minimum atomic E-state index is 1.62. The molecule has 45 valence electrons. The third kappa shape index (κ3) is 5.28. The van der Waals surface area contributed by atoms with Gasteiger partial charge >= 0.3 is 0 Å². The average Bonchev–Trinajstić information content (AvgIpc) is 1.81. The Labute approximate surface area is 50.7 Å². The second kappa shape index (κ2) is 6.28. The molecule has 0 unspecified atom stereocenters. The molecular weight excluding hydrogens is 100 g/mol. The first-order valence-electron chi connectivity index (χ1n) is 2.63. The number of allylic oxidation sites excluding steroid dienone is 3. The molecule has 0 aliphatic rings. The van der Waals surface area contributed by atoms with E-state index in [0.717, 1.165) is 0 Å². The van der Waals surface area contributed by atoms with Crippen molar-refractivity contribution in [2.24, 2.45) is 0 Å². The Kier molecular flexibility index (Phi) is 5.71. The van der Waals surface area contributed by atoms with Gasteiger partial charge in [-0.25, -0.2) is 0 Å². The summed E-state index contributed by atoms with van der Waals surface area (Å²) in [5.74, 6) is 0. The summed E-state index contributed by atoms with van der Waals surface area (Å²) in [4.78, 5) is 0. The lowest BCUT2D eigenvalue weighted by Crippen LogP contribution is -1.65. The first kappa shape index (κ1) is 7.28. The van der Waals surface area contributed by atoms with Crippen molar-refractivity contribution in [3.63, 3.8) is 0 Å². The molecule has 0 aromatic carbocycles. The van der Waals surface area contributed by atoms with Crippen molar-refractivity contribution < 1.29 is 4.74 Å². The monoisotopic (exact) mass is 111 g/mol. The second-order valence-corrected chi connectivity index (χ2v) is 1.23. The molecule has 1 radical (unpaired) electrons. The number of ether oxygens (including phenoxy) is 1. The van der Waals surface area contributed by atoms with E-state index in [1.807, 2.05) is 32.1 Å². The molecular formula is C7H11O. The largest absolute Gasteiger partial charge is 0.494 e. The zero-order chi connectivity index (χ0) is 6.24. The van der Waals surface area contributed by atoms with Gasteiger partial charge in [-0.3, -0.25) is 0 Å². The van der Waals surface area contributed by atoms with Crippen molar-refractivity contribution in [1.29, 1.82) is 0 Å². The van der Waals surface area contributed by atoms with Gasteiger partial charge in [0.1, 0.15) is 6.61 Å². The van der Waals surface area contributed by atoms with Gasteiger partial charge in [-0.1, -0.05) is 12.2 Å². The number of hydrogen-bond acceptors (Lipinski definition) is 1. The highest BCUT2D eigenvalue weighted by Crippen LogP contribution is 1.81. The molecule has 0 saturated heterocycles. The summed E-state index contributed by atoms with van der Waals surface area (Å²) in [7, 11) is 0. The Morgan fingerprint density at radius 2 is 1.88 bits per heavy atom. The lowest BCUT2D eigenvalue weighted by atomic mass is 10.5. The number of rotatable bonds is 3. The third-order valence-electron chi connectivity index (χ3n) is 0.597. The molecule has 0 rings (SSSR count). The van der Waals surface area contributed by atoms with Gasteiger partial charge < -0.3 is 4.74 Å². The molecule has 1 heteroatoms. The van der Waals surface area contributed by atoms with E-state index in [0.29, 0.717) is 0 Å². The highest BCUT2D eigenvalue weighted by molar-refractivity contribution is 4.97. The Morgan fingerprint density at radius 3 is 2.38 bits per heavy atom. The predicted octanol–water partition coefficient (Wildman–Crippen LogP) is 2.27.